The smallest absolute Gasteiger partial charge is 0.329 e. The lowest BCUT2D eigenvalue weighted by molar-refractivity contribution is -0.145. The number of esters is 1. The van der Waals surface area contributed by atoms with Crippen LogP contribution in [0.1, 0.15) is 67.3 Å². The highest BCUT2D eigenvalue weighted by molar-refractivity contribution is 6.34. The molecule has 3 heterocycles. The van der Waals surface area contributed by atoms with Crippen molar-refractivity contribution in [2.24, 2.45) is 5.92 Å². The second-order valence-corrected chi connectivity index (χ2v) is 10.8. The maximum absolute atomic E-state index is 14.0. The lowest BCUT2D eigenvalue weighted by Crippen LogP contribution is -2.54. The average molecular weight is 582 g/mol. The number of carboxylic acids is 1. The van der Waals surface area contributed by atoms with Crippen LogP contribution in [0.5, 0.6) is 0 Å². The van der Waals surface area contributed by atoms with Gasteiger partial charge in [-0.1, -0.05) is 38.5 Å². The van der Waals surface area contributed by atoms with Gasteiger partial charge in [-0.2, -0.15) is 0 Å². The highest BCUT2D eigenvalue weighted by Gasteiger charge is 2.46. The number of para-hydroxylation sites is 1. The maximum atomic E-state index is 14.0. The number of ether oxygens (including phenoxy) is 1. The third kappa shape index (κ3) is 4.03. The Balaban J connectivity index is 1.47. The number of aromatic nitrogens is 1. The number of carbonyl (C=O) groups excluding carboxylic acids is 5. The van der Waals surface area contributed by atoms with Gasteiger partial charge in [0.15, 0.2) is 0 Å². The molecule has 0 aliphatic carbocycles. The predicted octanol–water partition coefficient (Wildman–Crippen LogP) is 3.80. The van der Waals surface area contributed by atoms with Gasteiger partial charge in [-0.15, -0.1) is 0 Å². The van der Waals surface area contributed by atoms with Crippen molar-refractivity contribution in [1.29, 1.82) is 0 Å². The number of nitrogens with one attached hydrogen (secondary N) is 1. The van der Waals surface area contributed by atoms with Crippen LogP contribution in [0.25, 0.3) is 21.7 Å². The van der Waals surface area contributed by atoms with E-state index in [0.29, 0.717) is 12.0 Å². The van der Waals surface area contributed by atoms with E-state index in [0.717, 1.165) is 20.7 Å². The number of hydrogen-bond donors (Lipinski definition) is 2. The summed E-state index contributed by atoms with van der Waals surface area (Å²) in [7, 11) is 1.18. The summed E-state index contributed by atoms with van der Waals surface area (Å²) in [6, 6.07) is 10.2. The van der Waals surface area contributed by atoms with E-state index in [1.54, 1.807) is 20.0 Å². The molecule has 3 aromatic carbocycles. The Morgan fingerprint density at radius 2 is 1.35 bits per heavy atom. The van der Waals surface area contributed by atoms with Gasteiger partial charge in [0, 0.05) is 56.5 Å². The summed E-state index contributed by atoms with van der Waals surface area (Å²) in [5.41, 5.74) is 1.63. The van der Waals surface area contributed by atoms with Crippen molar-refractivity contribution in [3.63, 3.8) is 0 Å². The molecule has 2 N–H and O–H groups in total. The number of aromatic amines is 1. The predicted molar refractivity (Wildman–Crippen MR) is 154 cm³/mol. The van der Waals surface area contributed by atoms with Crippen molar-refractivity contribution in [2.75, 3.05) is 7.11 Å². The molecule has 11 nitrogen and oxygen atoms in total. The summed E-state index contributed by atoms with van der Waals surface area (Å²) in [6.07, 6.45) is 2.11. The van der Waals surface area contributed by atoms with Crippen LogP contribution >= 0.6 is 0 Å². The minimum atomic E-state index is -1.40. The molecule has 0 spiro atoms. The molecule has 0 bridgehead atoms. The molecule has 0 unspecified atom stereocenters. The van der Waals surface area contributed by atoms with Gasteiger partial charge in [-0.25, -0.2) is 9.59 Å². The fourth-order valence-electron chi connectivity index (χ4n) is 6.20. The van der Waals surface area contributed by atoms with Gasteiger partial charge in [0.1, 0.15) is 12.1 Å². The number of rotatable bonds is 8. The number of imide groups is 2. The molecule has 4 amide bonds. The Labute approximate surface area is 245 Å². The molecule has 0 fully saturated rings. The largest absolute Gasteiger partial charge is 0.480 e. The van der Waals surface area contributed by atoms with Crippen LogP contribution < -0.4 is 0 Å². The molecule has 4 aromatic rings. The molecular weight excluding hydrogens is 554 g/mol. The first-order chi connectivity index (χ1) is 20.6. The molecule has 2 aliphatic heterocycles. The third-order valence-electron chi connectivity index (χ3n) is 8.54. The van der Waals surface area contributed by atoms with Gasteiger partial charge >= 0.3 is 11.9 Å². The van der Waals surface area contributed by atoms with Gasteiger partial charge in [-0.3, -0.25) is 29.0 Å². The Morgan fingerprint density at radius 1 is 0.837 bits per heavy atom. The molecule has 43 heavy (non-hydrogen) atoms. The maximum Gasteiger partial charge on any atom is 0.329 e. The summed E-state index contributed by atoms with van der Waals surface area (Å²) in [5, 5.41) is 11.0. The van der Waals surface area contributed by atoms with Gasteiger partial charge in [0.2, 0.25) is 0 Å². The first-order valence-electron chi connectivity index (χ1n) is 13.8. The van der Waals surface area contributed by atoms with Crippen molar-refractivity contribution < 1.29 is 38.6 Å². The highest BCUT2D eigenvalue weighted by Crippen LogP contribution is 2.40. The zero-order valence-electron chi connectivity index (χ0n) is 23.5. The monoisotopic (exact) mass is 581 g/mol. The van der Waals surface area contributed by atoms with Crippen molar-refractivity contribution in [3.8, 4) is 0 Å². The Hall–Kier alpha value is -5.32. The highest BCUT2D eigenvalue weighted by atomic mass is 16.5. The lowest BCUT2D eigenvalue weighted by atomic mass is 9.84. The van der Waals surface area contributed by atoms with Gasteiger partial charge < -0.3 is 14.8 Å². The molecule has 0 saturated carbocycles. The molecular formula is C32H27N3O8. The molecule has 11 heteroatoms. The molecule has 6 rings (SSSR count). The number of nitrogens with zero attached hydrogens (tertiary/aromatic N) is 2. The van der Waals surface area contributed by atoms with Crippen molar-refractivity contribution in [2.45, 2.75) is 38.8 Å². The minimum absolute atomic E-state index is 0.0130. The molecule has 0 saturated heterocycles. The van der Waals surface area contributed by atoms with Crippen LogP contribution in [-0.4, -0.2) is 74.7 Å². The minimum Gasteiger partial charge on any atom is -0.480 e. The van der Waals surface area contributed by atoms with E-state index in [-0.39, 0.29) is 39.4 Å². The van der Waals surface area contributed by atoms with E-state index in [1.807, 2.05) is 24.3 Å². The van der Waals surface area contributed by atoms with E-state index in [4.69, 9.17) is 4.74 Å². The number of methoxy groups -OCH3 is 1. The molecule has 1 aromatic heterocycles. The Morgan fingerprint density at radius 3 is 1.84 bits per heavy atom. The second-order valence-electron chi connectivity index (χ2n) is 10.8. The summed E-state index contributed by atoms with van der Waals surface area (Å²) in [5.74, 6) is -5.81. The number of fused-ring (bicyclic) bond motifs is 1. The SMILES string of the molecule is CC[C@H](C)[C@@H](C(=O)O)N1C(=O)c2ccc3c4c(ccc(c24)C1=O)C(=O)N([C@@H](Cc1c[nH]c2ccccc12)C(=O)OC)C3=O. The first kappa shape index (κ1) is 27.8. The molecule has 218 valence electrons. The van der Waals surface area contributed by atoms with Crippen LogP contribution in [0.3, 0.4) is 0 Å². The zero-order chi connectivity index (χ0) is 30.7. The molecule has 0 radical (unpaired) electrons. The van der Waals surface area contributed by atoms with Crippen LogP contribution in [0.2, 0.25) is 0 Å². The van der Waals surface area contributed by atoms with E-state index in [9.17, 15) is 33.9 Å². The number of H-pyrrole nitrogens is 1. The van der Waals surface area contributed by atoms with E-state index < -0.39 is 53.6 Å². The number of hydrogen-bond acceptors (Lipinski definition) is 7. The summed E-state index contributed by atoms with van der Waals surface area (Å²) < 4.78 is 5.02. The molecule has 3 atom stereocenters. The molecule has 2 aliphatic rings. The quantitative estimate of drug-likeness (QED) is 0.235. The summed E-state index contributed by atoms with van der Waals surface area (Å²) in [4.78, 5) is 85.3. The fraction of sp³-hybridized carbons (Fsp3) is 0.250. The van der Waals surface area contributed by atoms with Crippen LogP contribution in [0.15, 0.2) is 54.7 Å². The number of amides is 4. The Bertz CT molecular complexity index is 1840. The number of benzene rings is 3. The number of carbonyl (C=O) groups is 6. The topological polar surface area (TPSA) is 154 Å². The van der Waals surface area contributed by atoms with Crippen LogP contribution in [0, 0.1) is 5.92 Å². The van der Waals surface area contributed by atoms with Crippen molar-refractivity contribution in [1.82, 2.24) is 14.8 Å². The van der Waals surface area contributed by atoms with E-state index in [2.05, 4.69) is 4.98 Å². The Kier molecular flexibility index (Phi) is 6.60. The zero-order valence-corrected chi connectivity index (χ0v) is 23.5. The van der Waals surface area contributed by atoms with Gasteiger partial charge in [0.25, 0.3) is 23.6 Å². The number of carboxylic acid groups (broad SMARTS) is 1. The van der Waals surface area contributed by atoms with E-state index >= 15 is 0 Å². The van der Waals surface area contributed by atoms with Gasteiger partial charge in [0.05, 0.1) is 7.11 Å². The van der Waals surface area contributed by atoms with E-state index in [1.165, 1.54) is 31.4 Å². The van der Waals surface area contributed by atoms with Crippen molar-refractivity contribution >= 4 is 57.2 Å². The normalized spacial score (nSPS) is 16.5. The standard InChI is InChI=1S/C32H27N3O8/c1-4-15(2)26(31(40)41)35-29(38)20-11-9-18-24-19(10-12-21(25(20)24)30(35)39)28(37)34(27(18)36)23(32(42)43-3)13-16-14-33-22-8-6-5-7-17(16)22/h5-12,14-15,23,26,33H,4,13H2,1-3H3,(H,40,41)/t15-,23-,26-/m0/s1. The first-order valence-corrected chi connectivity index (χ1v) is 13.8. The van der Waals surface area contributed by atoms with Crippen LogP contribution in [0.4, 0.5) is 0 Å². The van der Waals surface area contributed by atoms with Crippen molar-refractivity contribution in [3.05, 3.63) is 82.5 Å². The summed E-state index contributed by atoms with van der Waals surface area (Å²) >= 11 is 0. The third-order valence-corrected chi connectivity index (χ3v) is 8.54. The fourth-order valence-corrected chi connectivity index (χ4v) is 6.20. The second kappa shape index (κ2) is 10.2. The average Bonchev–Trinajstić information content (AvgIpc) is 3.42. The lowest BCUT2D eigenvalue weighted by Gasteiger charge is -2.36. The summed E-state index contributed by atoms with van der Waals surface area (Å²) in [6.45, 7) is 3.41. The number of aliphatic carboxylic acids is 1. The van der Waals surface area contributed by atoms with Gasteiger partial charge in [-0.05, 0) is 41.8 Å². The van der Waals surface area contributed by atoms with Crippen LogP contribution in [-0.2, 0) is 20.7 Å².